The van der Waals surface area contributed by atoms with Crippen molar-refractivity contribution in [2.24, 2.45) is 5.73 Å². The van der Waals surface area contributed by atoms with Gasteiger partial charge in [-0.3, -0.25) is 0 Å². The topological polar surface area (TPSA) is 26.0 Å². The van der Waals surface area contributed by atoms with Gasteiger partial charge in [0.1, 0.15) is 0 Å². The van der Waals surface area contributed by atoms with Gasteiger partial charge >= 0.3 is 0 Å². The standard InChI is InChI=1S/C14H13Cl2N/c1-9(17)11-4-7-14(16)13(8-11)10-2-5-12(15)6-3-10/h2-9H,17H2,1H3. The highest BCUT2D eigenvalue weighted by atomic mass is 35.5. The molecule has 0 saturated heterocycles. The minimum Gasteiger partial charge on any atom is -0.324 e. The molecule has 0 heterocycles. The molecule has 1 unspecified atom stereocenters. The van der Waals surface area contributed by atoms with Crippen LogP contribution >= 0.6 is 23.2 Å². The predicted molar refractivity (Wildman–Crippen MR) is 74.5 cm³/mol. The maximum absolute atomic E-state index is 6.20. The average Bonchev–Trinajstić information content (AvgIpc) is 2.31. The van der Waals surface area contributed by atoms with E-state index in [1.807, 2.05) is 49.4 Å². The van der Waals surface area contributed by atoms with Crippen molar-refractivity contribution in [3.8, 4) is 11.1 Å². The van der Waals surface area contributed by atoms with Crippen LogP contribution in [0.3, 0.4) is 0 Å². The quantitative estimate of drug-likeness (QED) is 0.839. The van der Waals surface area contributed by atoms with Crippen LogP contribution in [-0.2, 0) is 0 Å². The number of nitrogens with two attached hydrogens (primary N) is 1. The van der Waals surface area contributed by atoms with E-state index in [-0.39, 0.29) is 6.04 Å². The Hall–Kier alpha value is -1.02. The Morgan fingerprint density at radius 2 is 1.65 bits per heavy atom. The third-order valence-corrected chi connectivity index (χ3v) is 3.25. The van der Waals surface area contributed by atoms with E-state index < -0.39 is 0 Å². The first-order valence-electron chi connectivity index (χ1n) is 5.39. The zero-order valence-corrected chi connectivity index (χ0v) is 11.0. The van der Waals surface area contributed by atoms with Crippen LogP contribution in [0, 0.1) is 0 Å². The molecule has 17 heavy (non-hydrogen) atoms. The SMILES string of the molecule is CC(N)c1ccc(Cl)c(-c2ccc(Cl)cc2)c1. The largest absolute Gasteiger partial charge is 0.324 e. The summed E-state index contributed by atoms with van der Waals surface area (Å²) in [6.45, 7) is 1.95. The number of halogens is 2. The molecule has 0 aliphatic heterocycles. The fraction of sp³-hybridized carbons (Fsp3) is 0.143. The van der Waals surface area contributed by atoms with Gasteiger partial charge in [0.15, 0.2) is 0 Å². The lowest BCUT2D eigenvalue weighted by molar-refractivity contribution is 0.819. The van der Waals surface area contributed by atoms with E-state index in [1.165, 1.54) is 0 Å². The van der Waals surface area contributed by atoms with Crippen LogP contribution in [0.1, 0.15) is 18.5 Å². The molecule has 0 fully saturated rings. The number of hydrogen-bond donors (Lipinski definition) is 1. The lowest BCUT2D eigenvalue weighted by atomic mass is 10.0. The van der Waals surface area contributed by atoms with Crippen LogP contribution < -0.4 is 5.73 Å². The molecule has 0 saturated carbocycles. The molecular weight excluding hydrogens is 253 g/mol. The van der Waals surface area contributed by atoms with Crippen LogP contribution in [0.2, 0.25) is 10.0 Å². The second-order valence-corrected chi connectivity index (χ2v) is 4.88. The molecule has 0 bridgehead atoms. The van der Waals surface area contributed by atoms with Gasteiger partial charge in [0.05, 0.1) is 0 Å². The lowest BCUT2D eigenvalue weighted by Crippen LogP contribution is -2.04. The minimum absolute atomic E-state index is 0.00156. The summed E-state index contributed by atoms with van der Waals surface area (Å²) >= 11 is 12.1. The Bertz CT molecular complexity index is 518. The third-order valence-electron chi connectivity index (χ3n) is 2.67. The minimum atomic E-state index is -0.00156. The Morgan fingerprint density at radius 1 is 1.00 bits per heavy atom. The van der Waals surface area contributed by atoms with Crippen LogP contribution in [0.15, 0.2) is 42.5 Å². The molecule has 3 heteroatoms. The van der Waals surface area contributed by atoms with Gasteiger partial charge < -0.3 is 5.73 Å². The summed E-state index contributed by atoms with van der Waals surface area (Å²) in [6.07, 6.45) is 0. The molecule has 88 valence electrons. The number of benzene rings is 2. The molecule has 0 aliphatic rings. The Labute approximate surface area is 111 Å². The maximum atomic E-state index is 6.20. The van der Waals surface area contributed by atoms with Gasteiger partial charge in [-0.25, -0.2) is 0 Å². The zero-order chi connectivity index (χ0) is 12.4. The van der Waals surface area contributed by atoms with E-state index in [4.69, 9.17) is 28.9 Å². The molecule has 2 N–H and O–H groups in total. The van der Waals surface area contributed by atoms with Gasteiger partial charge in [0.2, 0.25) is 0 Å². The zero-order valence-electron chi connectivity index (χ0n) is 9.45. The highest BCUT2D eigenvalue weighted by molar-refractivity contribution is 6.33. The van der Waals surface area contributed by atoms with Crippen LogP contribution in [0.25, 0.3) is 11.1 Å². The molecular formula is C14H13Cl2N. The normalized spacial score (nSPS) is 12.5. The van der Waals surface area contributed by atoms with Crippen molar-refractivity contribution < 1.29 is 0 Å². The van der Waals surface area contributed by atoms with E-state index in [1.54, 1.807) is 0 Å². The molecule has 0 aromatic heterocycles. The summed E-state index contributed by atoms with van der Waals surface area (Å²) in [5.74, 6) is 0. The van der Waals surface area contributed by atoms with E-state index in [2.05, 4.69) is 0 Å². The predicted octanol–water partition coefficient (Wildman–Crippen LogP) is 4.68. The molecule has 0 amide bonds. The smallest absolute Gasteiger partial charge is 0.0484 e. The van der Waals surface area contributed by atoms with Gasteiger partial charge in [-0.05, 0) is 42.3 Å². The summed E-state index contributed by atoms with van der Waals surface area (Å²) in [5.41, 5.74) is 8.97. The Kier molecular flexibility index (Phi) is 3.72. The summed E-state index contributed by atoms with van der Waals surface area (Å²) < 4.78 is 0. The van der Waals surface area contributed by atoms with Gasteiger partial charge in [0.25, 0.3) is 0 Å². The van der Waals surface area contributed by atoms with Crippen molar-refractivity contribution >= 4 is 23.2 Å². The van der Waals surface area contributed by atoms with E-state index in [0.717, 1.165) is 21.7 Å². The lowest BCUT2D eigenvalue weighted by Gasteiger charge is -2.10. The first kappa shape index (κ1) is 12.4. The highest BCUT2D eigenvalue weighted by Crippen LogP contribution is 2.30. The first-order valence-corrected chi connectivity index (χ1v) is 6.14. The van der Waals surface area contributed by atoms with Crippen molar-refractivity contribution in [2.45, 2.75) is 13.0 Å². The monoisotopic (exact) mass is 265 g/mol. The summed E-state index contributed by atoms with van der Waals surface area (Å²) in [5, 5.41) is 1.44. The highest BCUT2D eigenvalue weighted by Gasteiger charge is 2.07. The molecule has 0 spiro atoms. The van der Waals surface area contributed by atoms with E-state index in [0.29, 0.717) is 5.02 Å². The van der Waals surface area contributed by atoms with Crippen molar-refractivity contribution in [1.29, 1.82) is 0 Å². The van der Waals surface area contributed by atoms with Crippen molar-refractivity contribution in [1.82, 2.24) is 0 Å². The number of hydrogen-bond acceptors (Lipinski definition) is 1. The third kappa shape index (κ3) is 2.81. The van der Waals surface area contributed by atoms with Crippen LogP contribution in [0.4, 0.5) is 0 Å². The van der Waals surface area contributed by atoms with Gasteiger partial charge in [-0.2, -0.15) is 0 Å². The molecule has 0 aliphatic carbocycles. The van der Waals surface area contributed by atoms with Gasteiger partial charge in [-0.1, -0.05) is 41.4 Å². The maximum Gasteiger partial charge on any atom is 0.0484 e. The molecule has 2 aromatic rings. The summed E-state index contributed by atoms with van der Waals surface area (Å²) in [7, 11) is 0. The molecule has 2 rings (SSSR count). The van der Waals surface area contributed by atoms with Gasteiger partial charge in [-0.15, -0.1) is 0 Å². The Balaban J connectivity index is 2.50. The fourth-order valence-electron chi connectivity index (χ4n) is 1.68. The molecule has 0 radical (unpaired) electrons. The van der Waals surface area contributed by atoms with Crippen molar-refractivity contribution in [3.05, 3.63) is 58.1 Å². The van der Waals surface area contributed by atoms with Crippen LogP contribution in [0.5, 0.6) is 0 Å². The Morgan fingerprint density at radius 3 is 2.24 bits per heavy atom. The summed E-state index contributed by atoms with van der Waals surface area (Å²) in [6, 6.07) is 13.5. The van der Waals surface area contributed by atoms with Crippen molar-refractivity contribution in [3.63, 3.8) is 0 Å². The van der Waals surface area contributed by atoms with E-state index >= 15 is 0 Å². The second kappa shape index (κ2) is 5.09. The van der Waals surface area contributed by atoms with E-state index in [9.17, 15) is 0 Å². The van der Waals surface area contributed by atoms with Crippen molar-refractivity contribution in [2.75, 3.05) is 0 Å². The molecule has 1 atom stereocenters. The first-order chi connectivity index (χ1) is 8.08. The average molecular weight is 266 g/mol. The summed E-state index contributed by atoms with van der Waals surface area (Å²) in [4.78, 5) is 0. The fourth-order valence-corrected chi connectivity index (χ4v) is 2.03. The molecule has 2 aromatic carbocycles. The second-order valence-electron chi connectivity index (χ2n) is 4.03. The van der Waals surface area contributed by atoms with Gasteiger partial charge in [0, 0.05) is 21.7 Å². The molecule has 1 nitrogen and oxygen atoms in total. The number of rotatable bonds is 2. The van der Waals surface area contributed by atoms with Crippen LogP contribution in [-0.4, -0.2) is 0 Å².